The second kappa shape index (κ2) is 35.4. The summed E-state index contributed by atoms with van der Waals surface area (Å²) in [5.74, 6) is -1.26. The molecule has 8 heteroatoms. The van der Waals surface area contributed by atoms with Crippen molar-refractivity contribution in [3.05, 3.63) is 24.3 Å². The third-order valence-corrected chi connectivity index (χ3v) is 9.02. The van der Waals surface area contributed by atoms with E-state index in [9.17, 15) is 15.0 Å². The number of carbonyl (C=O) groups is 1. The summed E-state index contributed by atoms with van der Waals surface area (Å²) in [7, 11) is 0. The Bertz CT molecular complexity index is 836. The fourth-order valence-corrected chi connectivity index (χ4v) is 5.70. The number of nitrogens with two attached hydrogens (primary N) is 2. The van der Waals surface area contributed by atoms with E-state index in [1.54, 1.807) is 26.0 Å². The molecule has 4 atom stereocenters. The van der Waals surface area contributed by atoms with Crippen LogP contribution in [0.2, 0.25) is 0 Å². The van der Waals surface area contributed by atoms with Crippen LogP contribution >= 0.6 is 0 Å². The third-order valence-electron chi connectivity index (χ3n) is 9.02. The smallest absolute Gasteiger partial charge is 0.314 e. The maximum absolute atomic E-state index is 12.5. The summed E-state index contributed by atoms with van der Waals surface area (Å²) in [6, 6.07) is -0.557. The van der Waals surface area contributed by atoms with Gasteiger partial charge in [-0.3, -0.25) is 4.79 Å². The number of rotatable bonds is 33. The van der Waals surface area contributed by atoms with Gasteiger partial charge in [-0.25, -0.2) is 0 Å². The second-order valence-corrected chi connectivity index (χ2v) is 16.4. The number of aliphatic hydroxyl groups is 3. The summed E-state index contributed by atoms with van der Waals surface area (Å²) in [6.07, 6.45) is 36.9. The number of unbranched alkanes of at least 4 members (excludes halogenated alkanes) is 22. The summed E-state index contributed by atoms with van der Waals surface area (Å²) in [4.78, 5) is 12.5. The number of carbonyl (C=O) groups excluding carboxylic acids is 1. The highest BCUT2D eigenvalue weighted by molar-refractivity contribution is 5.74. The molecule has 0 bridgehead atoms. The van der Waals surface area contributed by atoms with Crippen LogP contribution in [0.4, 0.5) is 0 Å². The molecule has 0 aliphatic carbocycles. The molecule has 0 aromatic rings. The first-order valence-electron chi connectivity index (χ1n) is 21.4. The third kappa shape index (κ3) is 38.4. The lowest BCUT2D eigenvalue weighted by atomic mass is 10.0. The summed E-state index contributed by atoms with van der Waals surface area (Å²) < 4.78 is 11.0. The molecule has 8 nitrogen and oxygen atoms in total. The lowest BCUT2D eigenvalue weighted by Crippen LogP contribution is -2.42. The van der Waals surface area contributed by atoms with Crippen LogP contribution in [0.25, 0.3) is 0 Å². The molecule has 0 aliphatic rings. The molecule has 0 radical (unpaired) electrons. The summed E-state index contributed by atoms with van der Waals surface area (Å²) in [5, 5.41) is 28.9. The van der Waals surface area contributed by atoms with E-state index in [2.05, 4.69) is 13.8 Å². The Balaban J connectivity index is 0. The quantitative estimate of drug-likeness (QED) is 0.0193. The van der Waals surface area contributed by atoms with Crippen molar-refractivity contribution in [3.63, 3.8) is 0 Å². The molecule has 52 heavy (non-hydrogen) atoms. The van der Waals surface area contributed by atoms with Crippen LogP contribution in [0, 0.1) is 5.92 Å². The summed E-state index contributed by atoms with van der Waals surface area (Å²) in [6.45, 7) is 13.2. The van der Waals surface area contributed by atoms with Crippen LogP contribution < -0.4 is 11.5 Å². The SMILES string of the molecule is CCCCCCCCCCCCC/C=C/[C@@H](O)C(COC(C)(C)N)C(=O)OC(C)(C)C.CCCCCCCCCCCCC/C=C/[C@@H](O)[C@@H](N)CO. The van der Waals surface area contributed by atoms with Crippen LogP contribution in [-0.4, -0.2) is 64.1 Å². The Morgan fingerprint density at radius 1 is 0.615 bits per heavy atom. The molecule has 0 rings (SSSR count). The molecule has 1 unspecified atom stereocenters. The zero-order valence-corrected chi connectivity index (χ0v) is 35.2. The van der Waals surface area contributed by atoms with Gasteiger partial charge >= 0.3 is 5.97 Å². The highest BCUT2D eigenvalue weighted by atomic mass is 16.6. The first kappa shape index (κ1) is 52.8. The maximum Gasteiger partial charge on any atom is 0.314 e. The van der Waals surface area contributed by atoms with Crippen molar-refractivity contribution in [1.29, 1.82) is 0 Å². The van der Waals surface area contributed by atoms with Crippen molar-refractivity contribution in [2.45, 2.75) is 232 Å². The second-order valence-electron chi connectivity index (χ2n) is 16.4. The molecule has 0 saturated heterocycles. The summed E-state index contributed by atoms with van der Waals surface area (Å²) in [5.41, 5.74) is 9.88. The predicted molar refractivity (Wildman–Crippen MR) is 221 cm³/mol. The molecule has 0 heterocycles. The van der Waals surface area contributed by atoms with Gasteiger partial charge < -0.3 is 36.3 Å². The molecule has 0 spiro atoms. The van der Waals surface area contributed by atoms with E-state index in [0.29, 0.717) is 0 Å². The zero-order chi connectivity index (χ0) is 39.5. The number of hydrogen-bond acceptors (Lipinski definition) is 8. The van der Waals surface area contributed by atoms with Crippen molar-refractivity contribution >= 4 is 5.97 Å². The normalized spacial score (nSPS) is 14.7. The van der Waals surface area contributed by atoms with Crippen LogP contribution in [0.3, 0.4) is 0 Å². The van der Waals surface area contributed by atoms with Gasteiger partial charge in [-0.05, 0) is 60.3 Å². The van der Waals surface area contributed by atoms with Gasteiger partial charge in [0.1, 0.15) is 17.2 Å². The van der Waals surface area contributed by atoms with Gasteiger partial charge in [0.05, 0.1) is 31.5 Å². The topological polar surface area (TPSA) is 148 Å². The highest BCUT2D eigenvalue weighted by Crippen LogP contribution is 2.18. The average Bonchev–Trinajstić information content (AvgIpc) is 3.07. The number of aliphatic hydroxyl groups excluding tert-OH is 3. The lowest BCUT2D eigenvalue weighted by Gasteiger charge is -2.28. The molecule has 0 saturated carbocycles. The predicted octanol–water partition coefficient (Wildman–Crippen LogP) is 10.2. The molecule has 0 aromatic heterocycles. The van der Waals surface area contributed by atoms with Gasteiger partial charge in [-0.2, -0.15) is 0 Å². The minimum atomic E-state index is -0.954. The zero-order valence-electron chi connectivity index (χ0n) is 35.2. The van der Waals surface area contributed by atoms with Crippen LogP contribution in [-0.2, 0) is 14.3 Å². The Morgan fingerprint density at radius 2 is 0.962 bits per heavy atom. The molecular weight excluding hydrogens is 652 g/mol. The van der Waals surface area contributed by atoms with Crippen molar-refractivity contribution < 1.29 is 29.6 Å². The first-order chi connectivity index (χ1) is 24.7. The van der Waals surface area contributed by atoms with Gasteiger partial charge in [0, 0.05) is 0 Å². The van der Waals surface area contributed by atoms with E-state index in [1.165, 1.54) is 135 Å². The van der Waals surface area contributed by atoms with Gasteiger partial charge in [-0.15, -0.1) is 0 Å². The maximum atomic E-state index is 12.5. The number of hydrogen-bond donors (Lipinski definition) is 5. The van der Waals surface area contributed by atoms with E-state index >= 15 is 0 Å². The van der Waals surface area contributed by atoms with Gasteiger partial charge in [0.15, 0.2) is 0 Å². The number of esters is 1. The summed E-state index contributed by atoms with van der Waals surface area (Å²) >= 11 is 0. The van der Waals surface area contributed by atoms with E-state index < -0.39 is 41.5 Å². The van der Waals surface area contributed by atoms with E-state index in [1.807, 2.05) is 32.9 Å². The fraction of sp³-hybridized carbons (Fsp3) is 0.886. The number of allylic oxidation sites excluding steroid dienone is 2. The Kier molecular flexibility index (Phi) is 36.0. The van der Waals surface area contributed by atoms with Gasteiger partial charge in [-0.1, -0.05) is 167 Å². The van der Waals surface area contributed by atoms with Gasteiger partial charge in [0.2, 0.25) is 0 Å². The van der Waals surface area contributed by atoms with Crippen molar-refractivity contribution in [2.24, 2.45) is 17.4 Å². The number of ether oxygens (including phenoxy) is 2. The minimum Gasteiger partial charge on any atom is -0.460 e. The van der Waals surface area contributed by atoms with E-state index in [0.717, 1.165) is 19.3 Å². The molecule has 0 aromatic carbocycles. The molecule has 0 fully saturated rings. The van der Waals surface area contributed by atoms with Crippen molar-refractivity contribution in [3.8, 4) is 0 Å². The van der Waals surface area contributed by atoms with Crippen molar-refractivity contribution in [2.75, 3.05) is 13.2 Å². The Labute approximate surface area is 322 Å². The fourth-order valence-electron chi connectivity index (χ4n) is 5.70. The highest BCUT2D eigenvalue weighted by Gasteiger charge is 2.31. The molecular formula is C44H88N2O6. The Morgan fingerprint density at radius 3 is 1.29 bits per heavy atom. The monoisotopic (exact) mass is 741 g/mol. The van der Waals surface area contributed by atoms with Crippen LogP contribution in [0.15, 0.2) is 24.3 Å². The lowest BCUT2D eigenvalue weighted by molar-refractivity contribution is -0.168. The Hall–Kier alpha value is -1.29. The van der Waals surface area contributed by atoms with Crippen LogP contribution in [0.1, 0.15) is 203 Å². The standard InChI is InChI=1S/C26H51NO4.C18H37NO2/c1-7-8-9-10-11-12-13-14-15-16-17-18-19-20-23(28)22(21-30-26(5,6)27)24(29)31-25(2,3)4;1-2-3-4-5-6-7-8-9-10-11-12-13-14-15-18(21)17(19)16-20/h19-20,22-23,28H,7-18,21,27H2,1-6H3;14-15,17-18,20-21H,2-13,16,19H2,1H3/b20-19+;15-14+/t22?,23-;17-,18+/m10/s1. The van der Waals surface area contributed by atoms with E-state index in [-0.39, 0.29) is 13.2 Å². The van der Waals surface area contributed by atoms with Crippen molar-refractivity contribution in [1.82, 2.24) is 0 Å². The van der Waals surface area contributed by atoms with E-state index in [4.69, 9.17) is 26.0 Å². The average molecular weight is 741 g/mol. The molecule has 7 N–H and O–H groups in total. The van der Waals surface area contributed by atoms with Crippen LogP contribution in [0.5, 0.6) is 0 Å². The molecule has 0 amide bonds. The minimum absolute atomic E-state index is 0.0162. The molecule has 310 valence electrons. The largest absolute Gasteiger partial charge is 0.460 e. The van der Waals surface area contributed by atoms with Gasteiger partial charge in [0.25, 0.3) is 0 Å². The first-order valence-corrected chi connectivity index (χ1v) is 21.4. The molecule has 0 aliphatic heterocycles.